The minimum atomic E-state index is 0.493. The predicted octanol–water partition coefficient (Wildman–Crippen LogP) is 4.78. The molecule has 0 aromatic carbocycles. The molecule has 1 fully saturated rings. The van der Waals surface area contributed by atoms with E-state index >= 15 is 0 Å². The van der Waals surface area contributed by atoms with Crippen LogP contribution in [0.15, 0.2) is 12.2 Å². The van der Waals surface area contributed by atoms with Crippen LogP contribution in [-0.2, 0) is 0 Å². The van der Waals surface area contributed by atoms with Gasteiger partial charge in [0.2, 0.25) is 0 Å². The van der Waals surface area contributed by atoms with Crippen molar-refractivity contribution in [3.05, 3.63) is 12.2 Å². The van der Waals surface area contributed by atoms with Gasteiger partial charge in [0.05, 0.1) is 0 Å². The summed E-state index contributed by atoms with van der Waals surface area (Å²) in [6.45, 7) is 16.7. The van der Waals surface area contributed by atoms with E-state index in [1.807, 2.05) is 0 Å². The summed E-state index contributed by atoms with van der Waals surface area (Å²) in [5, 5.41) is 3.68. The molecule has 1 nitrogen and oxygen atoms in total. The molecule has 1 saturated carbocycles. The molecular weight excluding hydrogens is 218 g/mol. The van der Waals surface area contributed by atoms with Gasteiger partial charge in [-0.15, -0.1) is 6.58 Å². The molecular formula is C17H33N. The SMILES string of the molecule is C=C(C)CC(NCC)C1CCC(C(C)(C)C)CC1. The summed E-state index contributed by atoms with van der Waals surface area (Å²) in [6, 6.07) is 0.661. The maximum absolute atomic E-state index is 4.09. The van der Waals surface area contributed by atoms with Crippen LogP contribution in [0.25, 0.3) is 0 Å². The van der Waals surface area contributed by atoms with Gasteiger partial charge in [-0.25, -0.2) is 0 Å². The Kier molecular flexibility index (Phi) is 5.91. The highest BCUT2D eigenvalue weighted by Crippen LogP contribution is 2.41. The molecule has 0 bridgehead atoms. The number of nitrogens with one attached hydrogen (secondary N) is 1. The molecule has 0 aromatic heterocycles. The second kappa shape index (κ2) is 6.75. The Morgan fingerprint density at radius 2 is 1.78 bits per heavy atom. The van der Waals surface area contributed by atoms with Crippen LogP contribution < -0.4 is 5.32 Å². The number of rotatable bonds is 5. The maximum atomic E-state index is 4.09. The fraction of sp³-hybridized carbons (Fsp3) is 0.882. The van der Waals surface area contributed by atoms with E-state index in [9.17, 15) is 0 Å². The van der Waals surface area contributed by atoms with E-state index in [1.165, 1.54) is 31.3 Å². The van der Waals surface area contributed by atoms with Gasteiger partial charge in [-0.1, -0.05) is 33.3 Å². The molecule has 1 N–H and O–H groups in total. The molecule has 0 radical (unpaired) electrons. The van der Waals surface area contributed by atoms with E-state index in [0.29, 0.717) is 11.5 Å². The van der Waals surface area contributed by atoms with Gasteiger partial charge in [-0.05, 0) is 62.8 Å². The fourth-order valence-electron chi connectivity index (χ4n) is 3.43. The molecule has 1 aliphatic carbocycles. The van der Waals surface area contributed by atoms with Crippen molar-refractivity contribution in [2.75, 3.05) is 6.54 Å². The summed E-state index contributed by atoms with van der Waals surface area (Å²) in [4.78, 5) is 0. The van der Waals surface area contributed by atoms with Crippen LogP contribution in [0, 0.1) is 17.3 Å². The Bertz CT molecular complexity index is 253. The summed E-state index contributed by atoms with van der Waals surface area (Å²) >= 11 is 0. The lowest BCUT2D eigenvalue weighted by molar-refractivity contribution is 0.132. The van der Waals surface area contributed by atoms with Crippen molar-refractivity contribution in [1.82, 2.24) is 5.32 Å². The lowest BCUT2D eigenvalue weighted by Gasteiger charge is -2.39. The standard InChI is InChI=1S/C17H33N/c1-7-18-16(12-13(2)3)14-8-10-15(11-9-14)17(4,5)6/h14-16,18H,2,7-12H2,1,3-6H3. The van der Waals surface area contributed by atoms with Gasteiger partial charge in [0.15, 0.2) is 0 Å². The van der Waals surface area contributed by atoms with Crippen LogP contribution in [0.1, 0.15) is 66.7 Å². The van der Waals surface area contributed by atoms with Gasteiger partial charge >= 0.3 is 0 Å². The molecule has 0 spiro atoms. The summed E-state index contributed by atoms with van der Waals surface area (Å²) in [6.07, 6.45) is 6.76. The zero-order valence-electron chi connectivity index (χ0n) is 13.2. The average Bonchev–Trinajstić information content (AvgIpc) is 2.27. The van der Waals surface area contributed by atoms with Crippen molar-refractivity contribution >= 4 is 0 Å². The third kappa shape index (κ3) is 4.76. The van der Waals surface area contributed by atoms with Crippen molar-refractivity contribution in [2.45, 2.75) is 72.8 Å². The van der Waals surface area contributed by atoms with Crippen LogP contribution in [-0.4, -0.2) is 12.6 Å². The highest BCUT2D eigenvalue weighted by molar-refractivity contribution is 4.96. The van der Waals surface area contributed by atoms with Gasteiger partial charge in [-0.3, -0.25) is 0 Å². The van der Waals surface area contributed by atoms with E-state index in [4.69, 9.17) is 0 Å². The Balaban J connectivity index is 2.50. The van der Waals surface area contributed by atoms with Crippen LogP contribution in [0.3, 0.4) is 0 Å². The minimum Gasteiger partial charge on any atom is -0.314 e. The van der Waals surface area contributed by atoms with Gasteiger partial charge in [0.1, 0.15) is 0 Å². The lowest BCUT2D eigenvalue weighted by Crippen LogP contribution is -2.39. The molecule has 1 unspecified atom stereocenters. The Hall–Kier alpha value is -0.300. The molecule has 0 amide bonds. The van der Waals surface area contributed by atoms with Gasteiger partial charge in [0, 0.05) is 6.04 Å². The first-order valence-electron chi connectivity index (χ1n) is 7.72. The first-order chi connectivity index (χ1) is 8.34. The van der Waals surface area contributed by atoms with E-state index in [-0.39, 0.29) is 0 Å². The van der Waals surface area contributed by atoms with Gasteiger partial charge in [0.25, 0.3) is 0 Å². The third-order valence-corrected chi connectivity index (χ3v) is 4.60. The van der Waals surface area contributed by atoms with Crippen LogP contribution in [0.2, 0.25) is 0 Å². The minimum absolute atomic E-state index is 0.493. The van der Waals surface area contributed by atoms with Gasteiger partial charge in [-0.2, -0.15) is 0 Å². The number of hydrogen-bond acceptors (Lipinski definition) is 1. The predicted molar refractivity (Wildman–Crippen MR) is 81.8 cm³/mol. The fourth-order valence-corrected chi connectivity index (χ4v) is 3.43. The lowest BCUT2D eigenvalue weighted by atomic mass is 9.68. The molecule has 106 valence electrons. The summed E-state index contributed by atoms with van der Waals surface area (Å²) < 4.78 is 0. The van der Waals surface area contributed by atoms with E-state index < -0.39 is 0 Å². The molecule has 1 atom stereocenters. The van der Waals surface area contributed by atoms with Crippen LogP contribution in [0.4, 0.5) is 0 Å². The monoisotopic (exact) mass is 251 g/mol. The molecule has 1 aliphatic rings. The average molecular weight is 251 g/mol. The Morgan fingerprint density at radius 1 is 1.22 bits per heavy atom. The van der Waals surface area contributed by atoms with E-state index in [1.54, 1.807) is 0 Å². The summed E-state index contributed by atoms with van der Waals surface area (Å²) in [5.74, 6) is 1.78. The first kappa shape index (κ1) is 15.8. The highest BCUT2D eigenvalue weighted by atomic mass is 14.9. The Morgan fingerprint density at radius 3 is 2.17 bits per heavy atom. The second-order valence-corrected chi connectivity index (χ2v) is 7.30. The zero-order valence-corrected chi connectivity index (χ0v) is 13.2. The van der Waals surface area contributed by atoms with Crippen molar-refractivity contribution in [1.29, 1.82) is 0 Å². The highest BCUT2D eigenvalue weighted by Gasteiger charge is 2.32. The molecule has 0 aliphatic heterocycles. The maximum Gasteiger partial charge on any atom is 0.0132 e. The van der Waals surface area contributed by atoms with E-state index in [2.05, 4.69) is 46.5 Å². The molecule has 0 heterocycles. The van der Waals surface area contributed by atoms with Crippen molar-refractivity contribution in [2.24, 2.45) is 17.3 Å². The summed E-state index contributed by atoms with van der Waals surface area (Å²) in [5.41, 5.74) is 1.81. The quantitative estimate of drug-likeness (QED) is 0.693. The Labute approximate surface area is 114 Å². The molecule has 0 aromatic rings. The number of hydrogen-bond donors (Lipinski definition) is 1. The summed E-state index contributed by atoms with van der Waals surface area (Å²) in [7, 11) is 0. The normalized spacial score (nSPS) is 26.9. The second-order valence-electron chi connectivity index (χ2n) is 7.30. The third-order valence-electron chi connectivity index (χ3n) is 4.60. The first-order valence-corrected chi connectivity index (χ1v) is 7.72. The van der Waals surface area contributed by atoms with Crippen molar-refractivity contribution in [3.8, 4) is 0 Å². The molecule has 18 heavy (non-hydrogen) atoms. The molecule has 0 saturated heterocycles. The largest absolute Gasteiger partial charge is 0.314 e. The van der Waals surface area contributed by atoms with Crippen molar-refractivity contribution < 1.29 is 0 Å². The topological polar surface area (TPSA) is 12.0 Å². The molecule has 1 rings (SSSR count). The van der Waals surface area contributed by atoms with Gasteiger partial charge < -0.3 is 5.32 Å². The van der Waals surface area contributed by atoms with E-state index in [0.717, 1.165) is 24.8 Å². The smallest absolute Gasteiger partial charge is 0.0132 e. The zero-order chi connectivity index (χ0) is 13.8. The van der Waals surface area contributed by atoms with Crippen molar-refractivity contribution in [3.63, 3.8) is 0 Å². The van der Waals surface area contributed by atoms with Crippen LogP contribution in [0.5, 0.6) is 0 Å². The van der Waals surface area contributed by atoms with Crippen LogP contribution >= 0.6 is 0 Å². The molecule has 1 heteroatoms.